The lowest BCUT2D eigenvalue weighted by atomic mass is 10.2. The molecule has 2 nitrogen and oxygen atoms in total. The van der Waals surface area contributed by atoms with E-state index in [-0.39, 0.29) is 13.0 Å². The van der Waals surface area contributed by atoms with Crippen molar-refractivity contribution in [1.29, 1.82) is 0 Å². The largest absolute Gasteiger partial charge is 0.458 e. The quantitative estimate of drug-likeness (QED) is 0.583. The van der Waals surface area contributed by atoms with Crippen LogP contribution in [0.5, 0.6) is 0 Å². The van der Waals surface area contributed by atoms with E-state index >= 15 is 0 Å². The molecule has 0 unspecified atom stereocenters. The Labute approximate surface area is 77.4 Å². The Morgan fingerprint density at radius 2 is 2.18 bits per heavy atom. The first-order valence-corrected chi connectivity index (χ1v) is 4.26. The van der Waals surface area contributed by atoms with Gasteiger partial charge in [0.05, 0.1) is 29.2 Å². The number of carbonyl (C=O) groups is 1. The minimum atomic E-state index is -2.70. The molecule has 0 heterocycles. The first-order chi connectivity index (χ1) is 4.98. The lowest BCUT2D eigenvalue weighted by Gasteiger charge is -2.12. The molecule has 0 spiro atoms. The highest BCUT2D eigenvalue weighted by atomic mass is 127. The molecule has 0 aliphatic carbocycles. The fourth-order valence-electron chi connectivity index (χ4n) is 0.457. The van der Waals surface area contributed by atoms with Gasteiger partial charge in [0.25, 0.3) is 5.92 Å². The van der Waals surface area contributed by atoms with Gasteiger partial charge in [0.2, 0.25) is 0 Å². The van der Waals surface area contributed by atoms with Gasteiger partial charge in [-0.15, -0.1) is 0 Å². The van der Waals surface area contributed by atoms with Gasteiger partial charge in [-0.25, -0.2) is 13.6 Å². The van der Waals surface area contributed by atoms with Gasteiger partial charge in [-0.05, 0) is 0 Å². The van der Waals surface area contributed by atoms with Gasteiger partial charge in [0.1, 0.15) is 0 Å². The van der Waals surface area contributed by atoms with Crippen molar-refractivity contribution in [2.75, 3.05) is 6.61 Å². The van der Waals surface area contributed by atoms with Crippen LogP contribution in [0.15, 0.2) is 0 Å². The molecule has 0 aliphatic heterocycles. The summed E-state index contributed by atoms with van der Waals surface area (Å²) in [5.41, 5.74) is 0. The Morgan fingerprint density at radius 1 is 1.64 bits per heavy atom. The number of carbonyl (C=O) groups excluding carboxylic acids is 1. The minimum Gasteiger partial charge on any atom is -0.458 e. The van der Waals surface area contributed by atoms with Gasteiger partial charge in [-0.2, -0.15) is 0 Å². The molecule has 0 aliphatic rings. The first-order valence-electron chi connectivity index (χ1n) is 3.18. The number of rotatable bonds is 4. The van der Waals surface area contributed by atoms with Gasteiger partial charge >= 0.3 is 3.98 Å². The maximum atomic E-state index is 12.4. The second-order valence-electron chi connectivity index (χ2n) is 2.05. The van der Waals surface area contributed by atoms with Crippen molar-refractivity contribution in [2.45, 2.75) is 25.7 Å². The van der Waals surface area contributed by atoms with Crippen LogP contribution in [-0.2, 0) is 4.74 Å². The molecular weight excluding hydrogens is 269 g/mol. The average Bonchev–Trinajstić information content (AvgIpc) is 1.87. The van der Waals surface area contributed by atoms with Crippen LogP contribution in [0.3, 0.4) is 0 Å². The summed E-state index contributed by atoms with van der Waals surface area (Å²) in [6, 6.07) is 0. The van der Waals surface area contributed by atoms with Crippen molar-refractivity contribution in [1.82, 2.24) is 0 Å². The van der Waals surface area contributed by atoms with Crippen molar-refractivity contribution >= 4 is 26.6 Å². The monoisotopic (exact) mass is 278 g/mol. The van der Waals surface area contributed by atoms with E-state index in [9.17, 15) is 13.6 Å². The molecule has 5 heteroatoms. The molecule has 0 aromatic carbocycles. The van der Waals surface area contributed by atoms with Crippen LogP contribution < -0.4 is 0 Å². The Kier molecular flexibility index (Phi) is 4.87. The van der Waals surface area contributed by atoms with Gasteiger partial charge in [0, 0.05) is 12.8 Å². The normalized spacial score (nSPS) is 11.3. The fourth-order valence-corrected chi connectivity index (χ4v) is 0.678. The van der Waals surface area contributed by atoms with Crippen LogP contribution in [-0.4, -0.2) is 16.5 Å². The van der Waals surface area contributed by atoms with Crippen molar-refractivity contribution in [3.05, 3.63) is 0 Å². The van der Waals surface area contributed by atoms with E-state index in [1.807, 2.05) is 0 Å². The summed E-state index contributed by atoms with van der Waals surface area (Å²) >= 11 is 1.40. The average molecular weight is 278 g/mol. The van der Waals surface area contributed by atoms with Crippen LogP contribution in [0.1, 0.15) is 19.8 Å². The Bertz CT molecular complexity index is 139. The highest BCUT2D eigenvalue weighted by Gasteiger charge is 2.25. The zero-order chi connectivity index (χ0) is 8.91. The van der Waals surface area contributed by atoms with E-state index in [1.54, 1.807) is 0 Å². The smallest absolute Gasteiger partial charge is 0.367 e. The van der Waals surface area contributed by atoms with Crippen molar-refractivity contribution in [3.63, 3.8) is 0 Å². The van der Waals surface area contributed by atoms with Crippen molar-refractivity contribution < 1.29 is 18.3 Å². The van der Waals surface area contributed by atoms with E-state index in [1.165, 1.54) is 29.5 Å². The Balaban J connectivity index is 3.45. The third kappa shape index (κ3) is 6.46. The number of halogens is 3. The lowest BCUT2D eigenvalue weighted by molar-refractivity contribution is -0.0246. The molecule has 0 bridgehead atoms. The van der Waals surface area contributed by atoms with E-state index in [4.69, 9.17) is 0 Å². The molecule has 0 aromatic heterocycles. The summed E-state index contributed by atoms with van der Waals surface area (Å²) in [5, 5.41) is 0. The third-order valence-corrected chi connectivity index (χ3v) is 1.51. The van der Waals surface area contributed by atoms with E-state index in [0.29, 0.717) is 0 Å². The molecule has 0 N–H and O–H groups in total. The van der Waals surface area contributed by atoms with Crippen LogP contribution in [0.2, 0.25) is 0 Å². The number of alkyl halides is 2. The predicted molar refractivity (Wildman–Crippen MR) is 45.2 cm³/mol. The van der Waals surface area contributed by atoms with E-state index in [2.05, 4.69) is 4.74 Å². The summed E-state index contributed by atoms with van der Waals surface area (Å²) in [6.45, 7) is 1.19. The second kappa shape index (κ2) is 4.84. The number of hydrogen-bond donors (Lipinski definition) is 0. The van der Waals surface area contributed by atoms with Crippen LogP contribution in [0, 0.1) is 0 Å². The zero-order valence-electron chi connectivity index (χ0n) is 6.07. The molecule has 11 heavy (non-hydrogen) atoms. The number of ether oxygens (including phenoxy) is 1. The highest BCUT2D eigenvalue weighted by molar-refractivity contribution is 14.1. The van der Waals surface area contributed by atoms with Crippen LogP contribution >= 0.6 is 22.6 Å². The Hall–Kier alpha value is 0.0600. The van der Waals surface area contributed by atoms with Crippen molar-refractivity contribution in [2.24, 2.45) is 0 Å². The Morgan fingerprint density at radius 3 is 2.55 bits per heavy atom. The molecule has 0 atom stereocenters. The molecule has 0 saturated heterocycles. The molecule has 0 aromatic rings. The van der Waals surface area contributed by atoms with Gasteiger partial charge in [-0.1, -0.05) is 6.92 Å². The van der Waals surface area contributed by atoms with Crippen LogP contribution in [0.4, 0.5) is 13.6 Å². The number of hydrogen-bond acceptors (Lipinski definition) is 2. The predicted octanol–water partition coefficient (Wildman–Crippen LogP) is 2.99. The summed E-state index contributed by atoms with van der Waals surface area (Å²) in [6.07, 6.45) is -0.607. The second-order valence-corrected chi connectivity index (χ2v) is 2.93. The molecule has 0 radical (unpaired) electrons. The standard InChI is InChI=1S/C6H9F2IO2/c1-2-6(7,8)3-4-11-5(9)10/h2-4H2,1H3. The summed E-state index contributed by atoms with van der Waals surface area (Å²) < 4.78 is 28.6. The molecule has 0 amide bonds. The zero-order valence-corrected chi connectivity index (χ0v) is 8.23. The molecule has 0 saturated carbocycles. The van der Waals surface area contributed by atoms with Crippen LogP contribution in [0.25, 0.3) is 0 Å². The highest BCUT2D eigenvalue weighted by Crippen LogP contribution is 2.21. The van der Waals surface area contributed by atoms with Gasteiger partial charge < -0.3 is 4.74 Å². The lowest BCUT2D eigenvalue weighted by Crippen LogP contribution is -2.17. The topological polar surface area (TPSA) is 26.3 Å². The fraction of sp³-hybridized carbons (Fsp3) is 0.833. The molecule has 0 fully saturated rings. The SMILES string of the molecule is CCC(F)(F)CCOC(=O)I. The maximum Gasteiger partial charge on any atom is 0.367 e. The van der Waals surface area contributed by atoms with Gasteiger partial charge in [0.15, 0.2) is 0 Å². The minimum absolute atomic E-state index is 0.206. The summed E-state index contributed by atoms with van der Waals surface area (Å²) in [4.78, 5) is 10.1. The summed E-state index contributed by atoms with van der Waals surface area (Å²) in [5.74, 6) is -2.70. The van der Waals surface area contributed by atoms with E-state index in [0.717, 1.165) is 0 Å². The van der Waals surface area contributed by atoms with Gasteiger partial charge in [-0.3, -0.25) is 0 Å². The summed E-state index contributed by atoms with van der Waals surface area (Å²) in [7, 11) is 0. The third-order valence-electron chi connectivity index (χ3n) is 1.20. The van der Waals surface area contributed by atoms with E-state index < -0.39 is 16.3 Å². The molecule has 66 valence electrons. The molecular formula is C6H9F2IO2. The maximum absolute atomic E-state index is 12.4. The molecule has 0 rings (SSSR count). The van der Waals surface area contributed by atoms with Crippen molar-refractivity contribution in [3.8, 4) is 0 Å². The first kappa shape index (κ1) is 11.1.